The van der Waals surface area contributed by atoms with Crippen LogP contribution in [0.15, 0.2) is 24.3 Å². The Morgan fingerprint density at radius 3 is 2.44 bits per heavy atom. The van der Waals surface area contributed by atoms with Crippen molar-refractivity contribution in [2.45, 2.75) is 31.5 Å². The predicted molar refractivity (Wildman–Crippen MR) is 64.0 cm³/mol. The first-order valence-electron chi connectivity index (χ1n) is 4.89. The van der Waals surface area contributed by atoms with Crippen LogP contribution in [0.3, 0.4) is 0 Å². The molecule has 1 aromatic rings. The number of hydrogen-bond donors (Lipinski definition) is 1. The van der Waals surface area contributed by atoms with E-state index in [0.29, 0.717) is 5.56 Å². The van der Waals surface area contributed by atoms with Gasteiger partial charge in [0.1, 0.15) is 0 Å². The van der Waals surface area contributed by atoms with Crippen molar-refractivity contribution in [1.82, 2.24) is 0 Å². The molecule has 0 heterocycles. The number of alkyl halides is 3. The number of aliphatic hydroxyl groups excluding tert-OH is 1. The molecule has 0 bridgehead atoms. The van der Waals surface area contributed by atoms with Crippen molar-refractivity contribution in [3.8, 4) is 0 Å². The van der Waals surface area contributed by atoms with Crippen molar-refractivity contribution in [2.24, 2.45) is 0 Å². The monoisotopic (exact) mass is 344 g/mol. The Morgan fingerprint density at radius 2 is 1.88 bits per heavy atom. The summed E-state index contributed by atoms with van der Waals surface area (Å²) in [6, 6.07) is 7.15. The average Bonchev–Trinajstić information content (AvgIpc) is 2.16. The maximum atomic E-state index is 11.9. The summed E-state index contributed by atoms with van der Waals surface area (Å²) in [7, 11) is 0. The minimum atomic E-state index is -4.14. The molecule has 0 saturated carbocycles. The molecular formula is C11H12F3IO. The van der Waals surface area contributed by atoms with Gasteiger partial charge in [-0.05, 0) is 47.1 Å². The molecule has 0 spiro atoms. The Kier molecular flexibility index (Phi) is 5.04. The van der Waals surface area contributed by atoms with Crippen LogP contribution in [-0.4, -0.2) is 11.3 Å². The SMILES string of the molecule is OC(CCCC(F)(F)F)c1ccccc1I. The molecule has 0 fully saturated rings. The highest BCUT2D eigenvalue weighted by atomic mass is 127. The summed E-state index contributed by atoms with van der Waals surface area (Å²) in [5.41, 5.74) is 0.699. The Labute approximate surface area is 106 Å². The smallest absolute Gasteiger partial charge is 0.388 e. The van der Waals surface area contributed by atoms with E-state index in [0.717, 1.165) is 3.57 Å². The molecule has 1 N–H and O–H groups in total. The van der Waals surface area contributed by atoms with Crippen molar-refractivity contribution in [1.29, 1.82) is 0 Å². The van der Waals surface area contributed by atoms with Crippen LogP contribution in [0, 0.1) is 3.57 Å². The largest absolute Gasteiger partial charge is 0.389 e. The van der Waals surface area contributed by atoms with Crippen LogP contribution in [0.2, 0.25) is 0 Å². The summed E-state index contributed by atoms with van der Waals surface area (Å²) < 4.78 is 36.6. The molecule has 0 aromatic heterocycles. The van der Waals surface area contributed by atoms with E-state index in [9.17, 15) is 18.3 Å². The molecule has 16 heavy (non-hydrogen) atoms. The first-order chi connectivity index (χ1) is 7.40. The van der Waals surface area contributed by atoms with Gasteiger partial charge in [-0.3, -0.25) is 0 Å². The van der Waals surface area contributed by atoms with Gasteiger partial charge >= 0.3 is 6.18 Å². The van der Waals surface area contributed by atoms with Gasteiger partial charge in [0.05, 0.1) is 6.10 Å². The molecule has 0 saturated heterocycles. The number of halogens is 4. The van der Waals surface area contributed by atoms with Gasteiger partial charge in [-0.1, -0.05) is 18.2 Å². The zero-order valence-corrected chi connectivity index (χ0v) is 10.6. The molecule has 5 heteroatoms. The van der Waals surface area contributed by atoms with Gasteiger partial charge in [-0.15, -0.1) is 0 Å². The molecule has 0 aliphatic heterocycles. The van der Waals surface area contributed by atoms with Crippen molar-refractivity contribution in [3.63, 3.8) is 0 Å². The predicted octanol–water partition coefficient (Wildman–Crippen LogP) is 4.06. The van der Waals surface area contributed by atoms with E-state index in [1.54, 1.807) is 12.1 Å². The second-order valence-electron chi connectivity index (χ2n) is 3.54. The van der Waals surface area contributed by atoms with Gasteiger partial charge in [-0.25, -0.2) is 0 Å². The van der Waals surface area contributed by atoms with Gasteiger partial charge < -0.3 is 5.11 Å². The molecule has 0 radical (unpaired) electrons. The zero-order chi connectivity index (χ0) is 12.2. The van der Waals surface area contributed by atoms with Crippen LogP contribution in [0.5, 0.6) is 0 Å². The van der Waals surface area contributed by atoms with E-state index in [2.05, 4.69) is 22.6 Å². The highest BCUT2D eigenvalue weighted by molar-refractivity contribution is 14.1. The second kappa shape index (κ2) is 5.86. The van der Waals surface area contributed by atoms with Gasteiger partial charge in [0, 0.05) is 9.99 Å². The Bertz CT molecular complexity index is 338. The van der Waals surface area contributed by atoms with Crippen LogP contribution in [-0.2, 0) is 0 Å². The third-order valence-corrected chi connectivity index (χ3v) is 3.18. The fourth-order valence-corrected chi connectivity index (χ4v) is 2.14. The standard InChI is InChI=1S/C11H12F3IO/c12-11(13,14)7-3-6-10(16)8-4-1-2-5-9(8)15/h1-2,4-5,10,16H,3,6-7H2. The van der Waals surface area contributed by atoms with Crippen LogP contribution in [0.1, 0.15) is 30.9 Å². The summed E-state index contributed by atoms with van der Waals surface area (Å²) >= 11 is 2.06. The minimum absolute atomic E-state index is 0.0460. The summed E-state index contributed by atoms with van der Waals surface area (Å²) in [6.45, 7) is 0. The first kappa shape index (κ1) is 13.8. The van der Waals surface area contributed by atoms with Crippen LogP contribution in [0.25, 0.3) is 0 Å². The third kappa shape index (κ3) is 4.69. The molecule has 1 nitrogen and oxygen atoms in total. The lowest BCUT2D eigenvalue weighted by atomic mass is 10.0. The van der Waals surface area contributed by atoms with Crippen LogP contribution >= 0.6 is 22.6 Å². The molecule has 0 amide bonds. The Hall–Kier alpha value is -0.300. The average molecular weight is 344 g/mol. The van der Waals surface area contributed by atoms with E-state index in [-0.39, 0.29) is 12.8 Å². The highest BCUT2D eigenvalue weighted by Crippen LogP contribution is 2.27. The maximum Gasteiger partial charge on any atom is 0.389 e. The number of aliphatic hydroxyl groups is 1. The molecule has 0 aliphatic rings. The van der Waals surface area contributed by atoms with E-state index in [1.165, 1.54) is 0 Å². The summed E-state index contributed by atoms with van der Waals surface area (Å²) in [5.74, 6) is 0. The summed E-state index contributed by atoms with van der Waals surface area (Å²) in [5, 5.41) is 9.73. The minimum Gasteiger partial charge on any atom is -0.388 e. The summed E-state index contributed by atoms with van der Waals surface area (Å²) in [4.78, 5) is 0. The van der Waals surface area contributed by atoms with Gasteiger partial charge in [0.25, 0.3) is 0 Å². The van der Waals surface area contributed by atoms with E-state index in [1.807, 2.05) is 12.1 Å². The number of rotatable bonds is 4. The Balaban J connectivity index is 2.47. The van der Waals surface area contributed by atoms with Gasteiger partial charge in [0.2, 0.25) is 0 Å². The molecule has 1 unspecified atom stereocenters. The fraction of sp³-hybridized carbons (Fsp3) is 0.455. The second-order valence-corrected chi connectivity index (χ2v) is 4.71. The van der Waals surface area contributed by atoms with Crippen molar-refractivity contribution in [3.05, 3.63) is 33.4 Å². The lowest BCUT2D eigenvalue weighted by Crippen LogP contribution is -2.08. The Morgan fingerprint density at radius 1 is 1.25 bits per heavy atom. The molecule has 1 atom stereocenters. The molecule has 1 rings (SSSR count). The third-order valence-electron chi connectivity index (χ3n) is 2.20. The highest BCUT2D eigenvalue weighted by Gasteiger charge is 2.26. The maximum absolute atomic E-state index is 11.9. The molecule has 90 valence electrons. The van der Waals surface area contributed by atoms with Crippen molar-refractivity contribution in [2.75, 3.05) is 0 Å². The normalized spacial score (nSPS) is 13.8. The number of hydrogen-bond acceptors (Lipinski definition) is 1. The topological polar surface area (TPSA) is 20.2 Å². The van der Waals surface area contributed by atoms with Crippen LogP contribution in [0.4, 0.5) is 13.2 Å². The summed E-state index contributed by atoms with van der Waals surface area (Å²) in [6.07, 6.45) is -5.69. The zero-order valence-electron chi connectivity index (χ0n) is 8.47. The van der Waals surface area contributed by atoms with E-state index < -0.39 is 18.7 Å². The van der Waals surface area contributed by atoms with E-state index >= 15 is 0 Å². The first-order valence-corrected chi connectivity index (χ1v) is 5.97. The molecule has 1 aromatic carbocycles. The molecular weight excluding hydrogens is 332 g/mol. The quantitative estimate of drug-likeness (QED) is 0.817. The number of benzene rings is 1. The van der Waals surface area contributed by atoms with Crippen molar-refractivity contribution < 1.29 is 18.3 Å². The fourth-order valence-electron chi connectivity index (χ4n) is 1.40. The van der Waals surface area contributed by atoms with Crippen LogP contribution < -0.4 is 0 Å². The van der Waals surface area contributed by atoms with E-state index in [4.69, 9.17) is 0 Å². The lowest BCUT2D eigenvalue weighted by Gasteiger charge is -2.13. The molecule has 0 aliphatic carbocycles. The van der Waals surface area contributed by atoms with Gasteiger partial charge in [-0.2, -0.15) is 13.2 Å². The lowest BCUT2D eigenvalue weighted by molar-refractivity contribution is -0.136. The van der Waals surface area contributed by atoms with Gasteiger partial charge in [0.15, 0.2) is 0 Å². The van der Waals surface area contributed by atoms with Crippen molar-refractivity contribution >= 4 is 22.6 Å².